The molecule has 0 aliphatic carbocycles. The summed E-state index contributed by atoms with van der Waals surface area (Å²) in [6.07, 6.45) is 0. The van der Waals surface area contributed by atoms with E-state index in [4.69, 9.17) is 0 Å². The van der Waals surface area contributed by atoms with Crippen LogP contribution in [0.15, 0.2) is 16.6 Å². The monoisotopic (exact) mass is 235 g/mol. The van der Waals surface area contributed by atoms with Gasteiger partial charge >= 0.3 is 0 Å². The highest BCUT2D eigenvalue weighted by Gasteiger charge is 2.10. The van der Waals surface area contributed by atoms with Crippen LogP contribution in [0.3, 0.4) is 0 Å². The van der Waals surface area contributed by atoms with Gasteiger partial charge in [0.2, 0.25) is 0 Å². The second-order valence-electron chi connectivity index (χ2n) is 2.62. The molecule has 0 aromatic heterocycles. The van der Waals surface area contributed by atoms with E-state index < -0.39 is 11.6 Å². The van der Waals surface area contributed by atoms with E-state index in [1.165, 1.54) is 11.0 Å². The molecule has 66 valence electrons. The summed E-state index contributed by atoms with van der Waals surface area (Å²) in [5, 5.41) is 0. The van der Waals surface area contributed by atoms with Gasteiger partial charge in [-0.2, -0.15) is 0 Å². The highest BCUT2D eigenvalue weighted by Crippen LogP contribution is 2.24. The summed E-state index contributed by atoms with van der Waals surface area (Å²) in [6, 6.07) is 2.63. The lowest BCUT2D eigenvalue weighted by molar-refractivity contribution is 0.508. The molecule has 1 aromatic rings. The number of benzene rings is 1. The van der Waals surface area contributed by atoms with E-state index in [0.717, 1.165) is 6.07 Å². The van der Waals surface area contributed by atoms with Gasteiger partial charge in [0.1, 0.15) is 0 Å². The topological polar surface area (TPSA) is 3.24 Å². The Morgan fingerprint density at radius 2 is 1.83 bits per heavy atom. The van der Waals surface area contributed by atoms with Crippen molar-refractivity contribution in [3.05, 3.63) is 28.2 Å². The van der Waals surface area contributed by atoms with Crippen LogP contribution in [0.25, 0.3) is 0 Å². The van der Waals surface area contributed by atoms with Crippen molar-refractivity contribution < 1.29 is 8.78 Å². The van der Waals surface area contributed by atoms with Gasteiger partial charge in [0.25, 0.3) is 0 Å². The Morgan fingerprint density at radius 1 is 1.25 bits per heavy atom. The van der Waals surface area contributed by atoms with E-state index in [9.17, 15) is 8.78 Å². The van der Waals surface area contributed by atoms with Crippen LogP contribution in [-0.4, -0.2) is 14.1 Å². The lowest BCUT2D eigenvalue weighted by atomic mass is 10.3. The fourth-order valence-electron chi connectivity index (χ4n) is 0.868. The zero-order valence-electron chi connectivity index (χ0n) is 6.74. The highest BCUT2D eigenvalue weighted by atomic mass is 79.9. The number of rotatable bonds is 1. The van der Waals surface area contributed by atoms with Gasteiger partial charge in [-0.15, -0.1) is 0 Å². The molecule has 0 heterocycles. The van der Waals surface area contributed by atoms with Crippen molar-refractivity contribution in [3.8, 4) is 0 Å². The maximum Gasteiger partial charge on any atom is 0.182 e. The van der Waals surface area contributed by atoms with E-state index in [0.29, 0.717) is 4.47 Å². The minimum atomic E-state index is -0.840. The summed E-state index contributed by atoms with van der Waals surface area (Å²) in [5.74, 6) is -1.66. The van der Waals surface area contributed by atoms with Crippen LogP contribution in [-0.2, 0) is 0 Å². The van der Waals surface area contributed by atoms with Gasteiger partial charge in [0.15, 0.2) is 11.6 Å². The Bertz CT molecular complexity index is 299. The SMILES string of the molecule is CN(C)c1cc(Br)cc(F)c1F. The lowest BCUT2D eigenvalue weighted by Gasteiger charge is -2.13. The van der Waals surface area contributed by atoms with Gasteiger partial charge in [-0.25, -0.2) is 8.78 Å². The molecular formula is C8H8BrF2N. The first-order valence-corrected chi connectivity index (χ1v) is 4.13. The van der Waals surface area contributed by atoms with E-state index >= 15 is 0 Å². The second kappa shape index (κ2) is 3.39. The molecule has 1 rings (SSSR count). The largest absolute Gasteiger partial charge is 0.375 e. The summed E-state index contributed by atoms with van der Waals surface area (Å²) < 4.78 is 26.3. The molecule has 0 atom stereocenters. The molecule has 12 heavy (non-hydrogen) atoms. The number of anilines is 1. The number of nitrogens with zero attached hydrogens (tertiary/aromatic N) is 1. The molecule has 0 saturated heterocycles. The first-order valence-electron chi connectivity index (χ1n) is 3.34. The second-order valence-corrected chi connectivity index (χ2v) is 3.53. The summed E-state index contributed by atoms with van der Waals surface area (Å²) in [5.41, 5.74) is 0.238. The van der Waals surface area contributed by atoms with Gasteiger partial charge < -0.3 is 4.90 Å². The number of hydrogen-bond donors (Lipinski definition) is 0. The molecule has 0 amide bonds. The fraction of sp³-hybridized carbons (Fsp3) is 0.250. The lowest BCUT2D eigenvalue weighted by Crippen LogP contribution is -2.11. The van der Waals surface area contributed by atoms with E-state index in [2.05, 4.69) is 15.9 Å². The normalized spacial score (nSPS) is 10.1. The third-order valence-electron chi connectivity index (χ3n) is 1.46. The van der Waals surface area contributed by atoms with Crippen LogP contribution in [0.1, 0.15) is 0 Å². The average Bonchev–Trinajstić information content (AvgIpc) is 1.96. The van der Waals surface area contributed by atoms with Crippen molar-refractivity contribution in [3.63, 3.8) is 0 Å². The van der Waals surface area contributed by atoms with Gasteiger partial charge in [-0.3, -0.25) is 0 Å². The van der Waals surface area contributed by atoms with Gasteiger partial charge in [-0.1, -0.05) is 15.9 Å². The van der Waals surface area contributed by atoms with Crippen molar-refractivity contribution in [1.29, 1.82) is 0 Å². The van der Waals surface area contributed by atoms with Crippen LogP contribution in [0.2, 0.25) is 0 Å². The van der Waals surface area contributed by atoms with E-state index in [-0.39, 0.29) is 5.69 Å². The maximum atomic E-state index is 13.0. The standard InChI is InChI=1S/C8H8BrF2N/c1-12(2)7-4-5(9)3-6(10)8(7)11/h3-4H,1-2H3. The molecule has 0 radical (unpaired) electrons. The minimum Gasteiger partial charge on any atom is -0.375 e. The van der Waals surface area contributed by atoms with Crippen LogP contribution < -0.4 is 4.90 Å². The van der Waals surface area contributed by atoms with E-state index in [1.54, 1.807) is 14.1 Å². The van der Waals surface area contributed by atoms with Gasteiger partial charge in [0.05, 0.1) is 5.69 Å². The Hall–Kier alpha value is -0.640. The number of hydrogen-bond acceptors (Lipinski definition) is 1. The molecule has 0 saturated carbocycles. The molecule has 0 N–H and O–H groups in total. The Balaban J connectivity index is 3.28. The van der Waals surface area contributed by atoms with Crippen LogP contribution in [0.4, 0.5) is 14.5 Å². The molecule has 0 fully saturated rings. The first-order chi connectivity index (χ1) is 5.52. The van der Waals surface area contributed by atoms with Crippen LogP contribution in [0, 0.1) is 11.6 Å². The zero-order valence-corrected chi connectivity index (χ0v) is 8.32. The van der Waals surface area contributed by atoms with Gasteiger partial charge in [-0.05, 0) is 12.1 Å². The van der Waals surface area contributed by atoms with Crippen LogP contribution >= 0.6 is 15.9 Å². The average molecular weight is 236 g/mol. The molecule has 0 aliphatic heterocycles. The Labute approximate surface area is 78.1 Å². The molecule has 4 heteroatoms. The predicted octanol–water partition coefficient (Wildman–Crippen LogP) is 2.79. The molecule has 1 aromatic carbocycles. The smallest absolute Gasteiger partial charge is 0.182 e. The third-order valence-corrected chi connectivity index (χ3v) is 1.91. The maximum absolute atomic E-state index is 13.0. The molecular weight excluding hydrogens is 228 g/mol. The highest BCUT2D eigenvalue weighted by molar-refractivity contribution is 9.10. The Kier molecular flexibility index (Phi) is 2.67. The predicted molar refractivity (Wildman–Crippen MR) is 48.4 cm³/mol. The van der Waals surface area contributed by atoms with Gasteiger partial charge in [0, 0.05) is 18.6 Å². The minimum absolute atomic E-state index is 0.238. The van der Waals surface area contributed by atoms with Crippen molar-refractivity contribution in [2.45, 2.75) is 0 Å². The summed E-state index contributed by atoms with van der Waals surface area (Å²) in [4.78, 5) is 1.52. The Morgan fingerprint density at radius 3 is 2.33 bits per heavy atom. The van der Waals surface area contributed by atoms with Crippen LogP contribution in [0.5, 0.6) is 0 Å². The molecule has 0 spiro atoms. The fourth-order valence-corrected chi connectivity index (χ4v) is 1.29. The summed E-state index contributed by atoms with van der Waals surface area (Å²) >= 11 is 3.08. The van der Waals surface area contributed by atoms with Crippen molar-refractivity contribution in [2.75, 3.05) is 19.0 Å². The van der Waals surface area contributed by atoms with Crippen molar-refractivity contribution in [2.24, 2.45) is 0 Å². The van der Waals surface area contributed by atoms with E-state index in [1.807, 2.05) is 0 Å². The first kappa shape index (κ1) is 9.45. The summed E-state index contributed by atoms with van der Waals surface area (Å²) in [6.45, 7) is 0. The number of halogens is 3. The van der Waals surface area contributed by atoms with Crippen molar-refractivity contribution in [1.82, 2.24) is 0 Å². The summed E-state index contributed by atoms with van der Waals surface area (Å²) in [7, 11) is 3.31. The quantitative estimate of drug-likeness (QED) is 0.677. The molecule has 0 aliphatic rings. The van der Waals surface area contributed by atoms with Crippen molar-refractivity contribution >= 4 is 21.6 Å². The zero-order chi connectivity index (χ0) is 9.30. The molecule has 0 unspecified atom stereocenters. The third kappa shape index (κ3) is 1.75. The molecule has 1 nitrogen and oxygen atoms in total. The molecule has 0 bridgehead atoms.